The largest absolute Gasteiger partial charge is 0.494 e. The topological polar surface area (TPSA) is 68.9 Å². The van der Waals surface area contributed by atoms with Gasteiger partial charge < -0.3 is 19.1 Å². The van der Waals surface area contributed by atoms with E-state index in [-0.39, 0.29) is 0 Å². The summed E-state index contributed by atoms with van der Waals surface area (Å²) in [6, 6.07) is 21.6. The Balaban J connectivity index is 1.25. The first kappa shape index (κ1) is 29.3. The smallest absolute Gasteiger partial charge is 0.343 e. The SMILES string of the molecule is Cc1ccc(C(=O)Oc2ccc(OC(=O)c3ccc(OCCCC[n+]4ccc(N(C)C)cc4)cc3)c(C)c2C)cc1. The molecule has 0 aliphatic rings. The minimum atomic E-state index is -0.472. The molecule has 0 amide bonds. The summed E-state index contributed by atoms with van der Waals surface area (Å²) < 4.78 is 19.3. The van der Waals surface area contributed by atoms with E-state index in [0.717, 1.165) is 36.1 Å². The molecular weight excluding hydrogens is 516 g/mol. The van der Waals surface area contributed by atoms with Crippen molar-refractivity contribution in [2.24, 2.45) is 0 Å². The van der Waals surface area contributed by atoms with Crippen LogP contribution in [0.1, 0.15) is 50.2 Å². The van der Waals surface area contributed by atoms with Gasteiger partial charge in [0.2, 0.25) is 0 Å². The van der Waals surface area contributed by atoms with E-state index in [1.807, 2.05) is 47.0 Å². The molecule has 4 aromatic rings. The zero-order valence-electron chi connectivity index (χ0n) is 24.3. The van der Waals surface area contributed by atoms with Gasteiger partial charge in [-0.05, 0) is 86.8 Å². The Hall–Kier alpha value is -4.65. The lowest BCUT2D eigenvalue weighted by Crippen LogP contribution is -2.33. The number of ether oxygens (including phenoxy) is 3. The van der Waals surface area contributed by atoms with E-state index in [2.05, 4.69) is 34.0 Å². The predicted octanol–water partition coefficient (Wildman–Crippen LogP) is 6.26. The molecule has 0 bridgehead atoms. The maximum atomic E-state index is 12.8. The summed E-state index contributed by atoms with van der Waals surface area (Å²) in [6.45, 7) is 7.14. The summed E-state index contributed by atoms with van der Waals surface area (Å²) >= 11 is 0. The Bertz CT molecular complexity index is 1480. The van der Waals surface area contributed by atoms with E-state index < -0.39 is 11.9 Å². The van der Waals surface area contributed by atoms with Gasteiger partial charge in [-0.1, -0.05) is 17.7 Å². The number of aryl methyl sites for hydroxylation is 2. The number of aromatic nitrogens is 1. The molecule has 0 aliphatic heterocycles. The molecule has 0 spiro atoms. The average molecular weight is 554 g/mol. The van der Waals surface area contributed by atoms with Crippen molar-refractivity contribution in [1.29, 1.82) is 0 Å². The fourth-order valence-corrected chi connectivity index (χ4v) is 4.17. The summed E-state index contributed by atoms with van der Waals surface area (Å²) in [5.74, 6) is 0.637. The van der Waals surface area contributed by atoms with Gasteiger partial charge in [0.15, 0.2) is 12.4 Å². The number of esters is 2. The maximum absolute atomic E-state index is 12.8. The van der Waals surface area contributed by atoms with Crippen molar-refractivity contribution in [2.45, 2.75) is 40.2 Å². The maximum Gasteiger partial charge on any atom is 0.343 e. The van der Waals surface area contributed by atoms with Gasteiger partial charge in [0.1, 0.15) is 23.8 Å². The molecule has 1 aromatic heterocycles. The quantitative estimate of drug-likeness (QED) is 0.0945. The first-order chi connectivity index (χ1) is 19.7. The summed E-state index contributed by atoms with van der Waals surface area (Å²) in [4.78, 5) is 27.4. The molecule has 41 heavy (non-hydrogen) atoms. The van der Waals surface area contributed by atoms with Crippen LogP contribution in [0.4, 0.5) is 5.69 Å². The Labute approximate surface area is 241 Å². The van der Waals surface area contributed by atoms with Crippen molar-refractivity contribution in [3.8, 4) is 17.2 Å². The number of rotatable bonds is 11. The van der Waals surface area contributed by atoms with Gasteiger partial charge >= 0.3 is 11.9 Å². The highest BCUT2D eigenvalue weighted by molar-refractivity contribution is 5.92. The molecule has 0 N–H and O–H groups in total. The molecule has 3 aromatic carbocycles. The van der Waals surface area contributed by atoms with Crippen molar-refractivity contribution in [1.82, 2.24) is 0 Å². The number of hydrogen-bond acceptors (Lipinski definition) is 6. The van der Waals surface area contributed by atoms with Crippen LogP contribution in [0, 0.1) is 20.8 Å². The van der Waals surface area contributed by atoms with Crippen molar-refractivity contribution in [3.05, 3.63) is 113 Å². The first-order valence-corrected chi connectivity index (χ1v) is 13.7. The number of nitrogens with zero attached hydrogens (tertiary/aromatic N) is 2. The predicted molar refractivity (Wildman–Crippen MR) is 159 cm³/mol. The van der Waals surface area contributed by atoms with Crippen LogP contribution >= 0.6 is 0 Å². The van der Waals surface area contributed by atoms with Crippen LogP contribution < -0.4 is 23.7 Å². The monoisotopic (exact) mass is 553 g/mol. The van der Waals surface area contributed by atoms with Gasteiger partial charge in [0.05, 0.1) is 17.7 Å². The van der Waals surface area contributed by atoms with Gasteiger partial charge in [0.25, 0.3) is 0 Å². The van der Waals surface area contributed by atoms with Crippen LogP contribution in [-0.4, -0.2) is 32.6 Å². The van der Waals surface area contributed by atoms with Crippen LogP contribution in [0.3, 0.4) is 0 Å². The van der Waals surface area contributed by atoms with Crippen molar-refractivity contribution >= 4 is 17.6 Å². The second-order valence-electron chi connectivity index (χ2n) is 10.2. The number of pyridine rings is 1. The van der Waals surface area contributed by atoms with Gasteiger partial charge in [-0.25, -0.2) is 14.2 Å². The number of anilines is 1. The summed E-state index contributed by atoms with van der Waals surface area (Å²) in [6.07, 6.45) is 6.10. The van der Waals surface area contributed by atoms with E-state index in [9.17, 15) is 9.59 Å². The highest BCUT2D eigenvalue weighted by atomic mass is 16.5. The van der Waals surface area contributed by atoms with Crippen LogP contribution in [0.5, 0.6) is 17.2 Å². The molecule has 7 heteroatoms. The number of unbranched alkanes of at least 4 members (excludes halogenated alkanes) is 1. The third kappa shape index (κ3) is 7.94. The van der Waals surface area contributed by atoms with Gasteiger partial charge in [-0.3, -0.25) is 0 Å². The number of hydrogen-bond donors (Lipinski definition) is 0. The van der Waals surface area contributed by atoms with E-state index in [4.69, 9.17) is 14.2 Å². The highest BCUT2D eigenvalue weighted by Crippen LogP contribution is 2.30. The number of benzene rings is 3. The van der Waals surface area contributed by atoms with E-state index in [1.54, 1.807) is 48.5 Å². The third-order valence-corrected chi connectivity index (χ3v) is 6.94. The standard InChI is InChI=1S/C34H37N2O5/c1-24-8-10-27(11-9-24)33(37)40-31-16-17-32(26(3)25(31)2)41-34(38)28-12-14-30(15-13-28)39-23-7-6-20-36-21-18-29(19-22-36)35(4)5/h8-19,21-22H,6-7,20,23H2,1-5H3/q+1. The van der Waals surface area contributed by atoms with Gasteiger partial charge in [0, 0.05) is 38.3 Å². The molecule has 0 aliphatic carbocycles. The number of carbonyl (C=O) groups excluding carboxylic acids is 2. The average Bonchev–Trinajstić information content (AvgIpc) is 2.97. The molecule has 4 rings (SSSR count). The van der Waals surface area contributed by atoms with Crippen LogP contribution in [0.15, 0.2) is 85.2 Å². The molecule has 7 nitrogen and oxygen atoms in total. The molecule has 0 atom stereocenters. The normalized spacial score (nSPS) is 10.7. The Morgan fingerprint density at radius 1 is 0.683 bits per heavy atom. The van der Waals surface area contributed by atoms with Crippen LogP contribution in [0.2, 0.25) is 0 Å². The highest BCUT2D eigenvalue weighted by Gasteiger charge is 2.16. The summed E-state index contributed by atoms with van der Waals surface area (Å²) in [5.41, 5.74) is 4.58. The Morgan fingerprint density at radius 2 is 1.20 bits per heavy atom. The van der Waals surface area contributed by atoms with Crippen molar-refractivity contribution < 1.29 is 28.4 Å². The lowest BCUT2D eigenvalue weighted by Gasteiger charge is -2.14. The second-order valence-corrected chi connectivity index (χ2v) is 10.2. The molecule has 0 radical (unpaired) electrons. The molecule has 1 heterocycles. The van der Waals surface area contributed by atoms with Crippen LogP contribution in [0.25, 0.3) is 0 Å². The van der Waals surface area contributed by atoms with Crippen molar-refractivity contribution in [2.75, 3.05) is 25.6 Å². The lowest BCUT2D eigenvalue weighted by molar-refractivity contribution is -0.697. The van der Waals surface area contributed by atoms with Gasteiger partial charge in [-0.15, -0.1) is 0 Å². The molecule has 0 saturated heterocycles. The molecule has 0 saturated carbocycles. The minimum absolute atomic E-state index is 0.414. The molecule has 212 valence electrons. The summed E-state index contributed by atoms with van der Waals surface area (Å²) in [5, 5.41) is 0. The minimum Gasteiger partial charge on any atom is -0.494 e. The first-order valence-electron chi connectivity index (χ1n) is 13.7. The second kappa shape index (κ2) is 13.6. The Morgan fingerprint density at radius 3 is 1.71 bits per heavy atom. The van der Waals surface area contributed by atoms with Crippen LogP contribution in [-0.2, 0) is 6.54 Å². The zero-order valence-corrected chi connectivity index (χ0v) is 24.3. The lowest BCUT2D eigenvalue weighted by atomic mass is 10.1. The van der Waals surface area contributed by atoms with E-state index >= 15 is 0 Å². The fraction of sp³-hybridized carbons (Fsp3) is 0.265. The molecular formula is C34H37N2O5+. The van der Waals surface area contributed by atoms with Crippen molar-refractivity contribution in [3.63, 3.8) is 0 Å². The van der Waals surface area contributed by atoms with E-state index in [1.165, 1.54) is 5.69 Å². The third-order valence-electron chi connectivity index (χ3n) is 6.94. The molecule has 0 fully saturated rings. The van der Waals surface area contributed by atoms with Gasteiger partial charge in [-0.2, -0.15) is 0 Å². The fourth-order valence-electron chi connectivity index (χ4n) is 4.17. The number of carbonyl (C=O) groups is 2. The Kier molecular flexibility index (Phi) is 9.74. The molecule has 0 unspecified atom stereocenters. The van der Waals surface area contributed by atoms with E-state index in [0.29, 0.717) is 35.0 Å². The zero-order chi connectivity index (χ0) is 29.4. The summed E-state index contributed by atoms with van der Waals surface area (Å²) in [7, 11) is 4.06.